The average Bonchev–Trinajstić information content (AvgIpc) is 3.56. The first-order valence-electron chi connectivity index (χ1n) is 10.3. The van der Waals surface area contributed by atoms with Crippen molar-refractivity contribution in [1.82, 2.24) is 19.9 Å². The molecule has 0 atom stereocenters. The predicted molar refractivity (Wildman–Crippen MR) is 136 cm³/mol. The summed E-state index contributed by atoms with van der Waals surface area (Å²) < 4.78 is 34.5. The molecular weight excluding hydrogens is 508 g/mol. The SMILES string of the molecule is C=CCn1c(SCC(=O)Nc2ccc(S(=O)(=O)Nc3onc(C)c3C)cc2)nnc1-c1cccs1. The summed E-state index contributed by atoms with van der Waals surface area (Å²) in [5.74, 6) is 0.639. The fourth-order valence-electron chi connectivity index (χ4n) is 3.01. The summed E-state index contributed by atoms with van der Waals surface area (Å²) in [4.78, 5) is 13.5. The Morgan fingerprint density at radius 2 is 2.00 bits per heavy atom. The minimum absolute atomic E-state index is 0.0250. The number of carbonyl (C=O) groups excluding carboxylic acids is 1. The molecule has 1 aromatic carbocycles. The molecule has 0 saturated carbocycles. The van der Waals surface area contributed by atoms with Gasteiger partial charge in [-0.1, -0.05) is 29.1 Å². The van der Waals surface area contributed by atoms with Gasteiger partial charge in [-0.05, 0) is 49.6 Å². The Balaban J connectivity index is 1.38. The van der Waals surface area contributed by atoms with E-state index in [4.69, 9.17) is 4.52 Å². The number of thioether (sulfide) groups is 1. The number of aromatic nitrogens is 4. The normalized spacial score (nSPS) is 11.4. The maximum Gasteiger partial charge on any atom is 0.264 e. The minimum atomic E-state index is -3.87. The van der Waals surface area contributed by atoms with Crippen LogP contribution in [0.4, 0.5) is 11.6 Å². The van der Waals surface area contributed by atoms with Crippen molar-refractivity contribution in [3.63, 3.8) is 0 Å². The first kappa shape index (κ1) is 24.7. The highest BCUT2D eigenvalue weighted by molar-refractivity contribution is 7.99. The van der Waals surface area contributed by atoms with Crippen LogP contribution in [0.3, 0.4) is 0 Å². The molecule has 4 aromatic rings. The number of sulfonamides is 1. The fraction of sp³-hybridized carbons (Fsp3) is 0.182. The third kappa shape index (κ3) is 5.63. The summed E-state index contributed by atoms with van der Waals surface area (Å²) in [5, 5.41) is 17.6. The number of benzene rings is 1. The lowest BCUT2D eigenvalue weighted by Crippen LogP contribution is -2.16. The monoisotopic (exact) mass is 530 g/mol. The molecule has 35 heavy (non-hydrogen) atoms. The minimum Gasteiger partial charge on any atom is -0.337 e. The van der Waals surface area contributed by atoms with E-state index < -0.39 is 10.0 Å². The van der Waals surface area contributed by atoms with Crippen LogP contribution in [0.2, 0.25) is 0 Å². The van der Waals surface area contributed by atoms with E-state index in [0.29, 0.717) is 28.6 Å². The molecule has 0 bridgehead atoms. The van der Waals surface area contributed by atoms with E-state index >= 15 is 0 Å². The van der Waals surface area contributed by atoms with Crippen LogP contribution < -0.4 is 10.0 Å². The standard InChI is InChI=1S/C22H22N6O4S3/c1-4-11-28-20(18-6-5-12-33-18)24-25-22(28)34-13-19(29)23-16-7-9-17(10-8-16)35(30,31)27-21-14(2)15(3)26-32-21/h4-10,12,27H,1,11,13H2,2-3H3,(H,23,29). The van der Waals surface area contributed by atoms with E-state index in [-0.39, 0.29) is 22.4 Å². The van der Waals surface area contributed by atoms with Gasteiger partial charge in [0.2, 0.25) is 11.8 Å². The predicted octanol–water partition coefficient (Wildman–Crippen LogP) is 4.33. The molecule has 10 nitrogen and oxygen atoms in total. The highest BCUT2D eigenvalue weighted by atomic mass is 32.2. The van der Waals surface area contributed by atoms with E-state index in [0.717, 1.165) is 10.7 Å². The van der Waals surface area contributed by atoms with Crippen LogP contribution in [0.25, 0.3) is 10.7 Å². The van der Waals surface area contributed by atoms with Crippen molar-refractivity contribution in [3.05, 3.63) is 65.7 Å². The van der Waals surface area contributed by atoms with Gasteiger partial charge in [-0.15, -0.1) is 28.1 Å². The van der Waals surface area contributed by atoms with Gasteiger partial charge < -0.3 is 9.84 Å². The zero-order valence-electron chi connectivity index (χ0n) is 18.9. The number of anilines is 2. The molecule has 0 unspecified atom stereocenters. The van der Waals surface area contributed by atoms with Crippen LogP contribution in [-0.2, 0) is 21.4 Å². The van der Waals surface area contributed by atoms with Crippen LogP contribution in [0.15, 0.2) is 69.0 Å². The Kier molecular flexibility index (Phi) is 7.38. The number of allylic oxidation sites excluding steroid dienone is 1. The molecule has 0 aliphatic heterocycles. The van der Waals surface area contributed by atoms with Crippen LogP contribution in [0.1, 0.15) is 11.3 Å². The van der Waals surface area contributed by atoms with Crippen molar-refractivity contribution < 1.29 is 17.7 Å². The summed E-state index contributed by atoms with van der Waals surface area (Å²) >= 11 is 2.81. The summed E-state index contributed by atoms with van der Waals surface area (Å²) in [6.45, 7) is 7.73. The number of amides is 1. The van der Waals surface area contributed by atoms with Gasteiger partial charge in [-0.25, -0.2) is 13.1 Å². The lowest BCUT2D eigenvalue weighted by Gasteiger charge is -2.09. The number of hydrogen-bond donors (Lipinski definition) is 2. The Bertz CT molecular complexity index is 1440. The maximum atomic E-state index is 12.6. The summed E-state index contributed by atoms with van der Waals surface area (Å²) in [6.07, 6.45) is 1.75. The Morgan fingerprint density at radius 3 is 2.63 bits per heavy atom. The molecule has 13 heteroatoms. The van der Waals surface area contributed by atoms with Gasteiger partial charge in [0.05, 0.1) is 21.2 Å². The van der Waals surface area contributed by atoms with Gasteiger partial charge in [0.15, 0.2) is 11.0 Å². The summed E-state index contributed by atoms with van der Waals surface area (Å²) in [7, 11) is -3.87. The van der Waals surface area contributed by atoms with Gasteiger partial charge in [-0.2, -0.15) is 0 Å². The van der Waals surface area contributed by atoms with Gasteiger partial charge >= 0.3 is 0 Å². The third-order valence-corrected chi connectivity index (χ3v) is 8.11. The molecule has 0 saturated heterocycles. The summed E-state index contributed by atoms with van der Waals surface area (Å²) in [5.41, 5.74) is 1.68. The van der Waals surface area contributed by atoms with Crippen molar-refractivity contribution in [2.45, 2.75) is 30.4 Å². The molecule has 0 fully saturated rings. The Hall–Kier alpha value is -3.42. The highest BCUT2D eigenvalue weighted by Crippen LogP contribution is 2.27. The largest absolute Gasteiger partial charge is 0.337 e. The van der Waals surface area contributed by atoms with E-state index in [1.807, 2.05) is 22.1 Å². The smallest absolute Gasteiger partial charge is 0.264 e. The number of hydrogen-bond acceptors (Lipinski definition) is 9. The zero-order valence-corrected chi connectivity index (χ0v) is 21.3. The number of rotatable bonds is 10. The molecule has 0 aliphatic rings. The van der Waals surface area contributed by atoms with Gasteiger partial charge in [0.25, 0.3) is 10.0 Å². The van der Waals surface area contributed by atoms with Crippen LogP contribution in [-0.4, -0.2) is 40.0 Å². The van der Waals surface area contributed by atoms with Gasteiger partial charge in [0, 0.05) is 17.8 Å². The molecule has 0 spiro atoms. The molecule has 0 radical (unpaired) electrons. The number of aryl methyl sites for hydroxylation is 1. The quantitative estimate of drug-likeness (QED) is 0.229. The summed E-state index contributed by atoms with van der Waals surface area (Å²) in [6, 6.07) is 9.74. The lowest BCUT2D eigenvalue weighted by molar-refractivity contribution is -0.113. The number of thiophene rings is 1. The molecule has 0 aliphatic carbocycles. The van der Waals surface area contributed by atoms with E-state index in [9.17, 15) is 13.2 Å². The van der Waals surface area contributed by atoms with Gasteiger partial charge in [-0.3, -0.25) is 9.36 Å². The lowest BCUT2D eigenvalue weighted by atomic mass is 10.3. The maximum absolute atomic E-state index is 12.6. The molecule has 182 valence electrons. The second kappa shape index (κ2) is 10.5. The fourth-order valence-corrected chi connectivity index (χ4v) is 5.53. The van der Waals surface area contributed by atoms with Crippen LogP contribution >= 0.6 is 23.1 Å². The highest BCUT2D eigenvalue weighted by Gasteiger charge is 2.20. The van der Waals surface area contributed by atoms with E-state index in [1.54, 1.807) is 31.3 Å². The second-order valence-electron chi connectivity index (χ2n) is 7.37. The number of nitrogens with zero attached hydrogens (tertiary/aromatic N) is 4. The number of carbonyl (C=O) groups is 1. The second-order valence-corrected chi connectivity index (χ2v) is 10.9. The van der Waals surface area contributed by atoms with Crippen molar-refractivity contribution in [3.8, 4) is 10.7 Å². The van der Waals surface area contributed by atoms with Crippen molar-refractivity contribution in [2.24, 2.45) is 0 Å². The van der Waals surface area contributed by atoms with Crippen molar-refractivity contribution >= 4 is 50.6 Å². The third-order valence-electron chi connectivity index (χ3n) is 4.94. The Labute approximate surface area is 210 Å². The van der Waals surface area contributed by atoms with Crippen molar-refractivity contribution in [2.75, 3.05) is 15.8 Å². The average molecular weight is 531 g/mol. The topological polar surface area (TPSA) is 132 Å². The van der Waals surface area contributed by atoms with E-state index in [2.05, 4.69) is 32.0 Å². The molecule has 3 heterocycles. The molecule has 1 amide bonds. The molecular formula is C22H22N6O4S3. The van der Waals surface area contributed by atoms with Crippen molar-refractivity contribution in [1.29, 1.82) is 0 Å². The molecule has 4 rings (SSSR count). The Morgan fingerprint density at radius 1 is 1.23 bits per heavy atom. The number of nitrogens with one attached hydrogen (secondary N) is 2. The first-order chi connectivity index (χ1) is 16.8. The molecule has 3 aromatic heterocycles. The van der Waals surface area contributed by atoms with Crippen LogP contribution in [0.5, 0.6) is 0 Å². The molecule has 2 N–H and O–H groups in total. The van der Waals surface area contributed by atoms with Gasteiger partial charge in [0.1, 0.15) is 0 Å². The van der Waals surface area contributed by atoms with E-state index in [1.165, 1.54) is 36.0 Å². The zero-order chi connectivity index (χ0) is 25.0. The van der Waals surface area contributed by atoms with Crippen LogP contribution in [0, 0.1) is 13.8 Å². The first-order valence-corrected chi connectivity index (χ1v) is 13.7.